The summed E-state index contributed by atoms with van der Waals surface area (Å²) >= 11 is 0. The third-order valence-corrected chi connectivity index (χ3v) is 0.846. The van der Waals surface area contributed by atoms with E-state index in [4.69, 9.17) is 4.74 Å². The van der Waals surface area contributed by atoms with Gasteiger partial charge in [-0.2, -0.15) is 0 Å². The molecule has 5 heteroatoms. The van der Waals surface area contributed by atoms with E-state index in [0.29, 0.717) is 0 Å². The maximum Gasteiger partial charge on any atom is 0.0591 e. The van der Waals surface area contributed by atoms with E-state index < -0.39 is 0 Å². The van der Waals surface area contributed by atoms with Crippen LogP contribution in [0.25, 0.3) is 0 Å². The van der Waals surface area contributed by atoms with Crippen molar-refractivity contribution < 1.29 is 15.7 Å². The molecule has 0 aliphatic carbocycles. The molecule has 0 bridgehead atoms. The van der Waals surface area contributed by atoms with Gasteiger partial charge in [0.05, 0.1) is 13.2 Å². The summed E-state index contributed by atoms with van der Waals surface area (Å²) in [7, 11) is 0. The monoisotopic (exact) mass is 159 g/mol. The van der Waals surface area contributed by atoms with Crippen molar-refractivity contribution in [1.82, 2.24) is 5.32 Å². The minimum atomic E-state index is 0. The molecule has 1 aliphatic rings. The van der Waals surface area contributed by atoms with Crippen molar-refractivity contribution in [2.24, 2.45) is 0 Å². The molecule has 0 unspecified atom stereocenters. The highest BCUT2D eigenvalue weighted by Gasteiger charge is 1.92. The molecule has 1 fully saturated rings. The zero-order valence-corrected chi connectivity index (χ0v) is 5.96. The molecule has 1 saturated heterocycles. The van der Waals surface area contributed by atoms with Crippen molar-refractivity contribution in [2.75, 3.05) is 26.3 Å². The van der Waals surface area contributed by atoms with E-state index in [1.54, 1.807) is 0 Å². The average molecular weight is 160 g/mol. The molecule has 0 amide bonds. The first-order chi connectivity index (χ1) is 3.00. The van der Waals surface area contributed by atoms with Gasteiger partial charge in [-0.05, 0) is 0 Å². The Kier molecular flexibility index (Phi) is 19.6. The van der Waals surface area contributed by atoms with Crippen LogP contribution in [0.3, 0.4) is 0 Å². The molecule has 0 spiro atoms. The number of rotatable bonds is 0. The van der Waals surface area contributed by atoms with Crippen LogP contribution in [0.15, 0.2) is 0 Å². The normalized spacial score (nSPS) is 16.0. The van der Waals surface area contributed by atoms with Gasteiger partial charge in [-0.15, -0.1) is 12.4 Å². The molecule has 9 heavy (non-hydrogen) atoms. The van der Waals surface area contributed by atoms with Gasteiger partial charge in [-0.25, -0.2) is 0 Å². The van der Waals surface area contributed by atoms with Gasteiger partial charge in [-0.1, -0.05) is 0 Å². The Hall–Kier alpha value is 0.130. The number of nitrogens with one attached hydrogen (secondary N) is 1. The quantitative estimate of drug-likeness (QED) is 0.461. The largest absolute Gasteiger partial charge is 0.412 e. The summed E-state index contributed by atoms with van der Waals surface area (Å²) in [6.45, 7) is 3.83. The Bertz CT molecular complexity index is 31.3. The van der Waals surface area contributed by atoms with Gasteiger partial charge < -0.3 is 21.0 Å². The first-order valence-electron chi connectivity index (χ1n) is 2.28. The Labute approximate surface area is 60.6 Å². The fraction of sp³-hybridized carbons (Fsp3) is 1.00. The van der Waals surface area contributed by atoms with Crippen LogP contribution in [0.5, 0.6) is 0 Å². The van der Waals surface area contributed by atoms with Crippen LogP contribution in [-0.2, 0) is 4.74 Å². The minimum Gasteiger partial charge on any atom is -0.412 e. The lowest BCUT2D eigenvalue weighted by Gasteiger charge is -2.10. The standard InChI is InChI=1S/C4H9NO.ClH.2H2O/c1-3-6-4-2-5-1;;;/h5H,1-4H2;1H;2*1H2. The van der Waals surface area contributed by atoms with Crippen LogP contribution in [0.2, 0.25) is 0 Å². The highest BCUT2D eigenvalue weighted by Crippen LogP contribution is 1.76. The highest BCUT2D eigenvalue weighted by atomic mass is 35.5. The lowest BCUT2D eigenvalue weighted by molar-refractivity contribution is 0.109. The molecule has 1 aliphatic heterocycles. The summed E-state index contributed by atoms with van der Waals surface area (Å²) in [5, 5.41) is 3.16. The fourth-order valence-corrected chi connectivity index (χ4v) is 0.516. The number of hydrogen-bond donors (Lipinski definition) is 1. The fourth-order valence-electron chi connectivity index (χ4n) is 0.516. The molecule has 1 rings (SSSR count). The van der Waals surface area contributed by atoms with Crippen molar-refractivity contribution >= 4 is 12.4 Å². The van der Waals surface area contributed by atoms with Crippen molar-refractivity contribution in [3.8, 4) is 0 Å². The summed E-state index contributed by atoms with van der Waals surface area (Å²) in [4.78, 5) is 0. The zero-order valence-electron chi connectivity index (χ0n) is 5.14. The van der Waals surface area contributed by atoms with Gasteiger partial charge in [0.25, 0.3) is 0 Å². The van der Waals surface area contributed by atoms with Crippen molar-refractivity contribution in [2.45, 2.75) is 0 Å². The number of morpholine rings is 1. The lowest BCUT2D eigenvalue weighted by Crippen LogP contribution is -2.30. The van der Waals surface area contributed by atoms with Crippen LogP contribution in [0.1, 0.15) is 0 Å². The smallest absolute Gasteiger partial charge is 0.0591 e. The number of halogens is 1. The summed E-state index contributed by atoms with van der Waals surface area (Å²) in [6.07, 6.45) is 0. The summed E-state index contributed by atoms with van der Waals surface area (Å²) in [6, 6.07) is 0. The molecule has 0 aromatic heterocycles. The second-order valence-electron chi connectivity index (χ2n) is 1.36. The van der Waals surface area contributed by atoms with Crippen LogP contribution >= 0.6 is 12.4 Å². The molecule has 0 aromatic rings. The van der Waals surface area contributed by atoms with Crippen LogP contribution in [0, 0.1) is 0 Å². The van der Waals surface area contributed by atoms with Gasteiger partial charge >= 0.3 is 0 Å². The molecule has 0 saturated carbocycles. The van der Waals surface area contributed by atoms with E-state index in [1.165, 1.54) is 0 Å². The average Bonchev–Trinajstić information content (AvgIpc) is 1.72. The van der Waals surface area contributed by atoms with Crippen molar-refractivity contribution in [1.29, 1.82) is 0 Å². The second kappa shape index (κ2) is 11.0. The van der Waals surface area contributed by atoms with Gasteiger partial charge in [0.2, 0.25) is 0 Å². The zero-order chi connectivity index (χ0) is 4.24. The van der Waals surface area contributed by atoms with E-state index in [-0.39, 0.29) is 23.4 Å². The molecular weight excluding hydrogens is 146 g/mol. The highest BCUT2D eigenvalue weighted by molar-refractivity contribution is 5.85. The Balaban J connectivity index is -0.000000120. The predicted octanol–water partition coefficient (Wildman–Crippen LogP) is -1.62. The first kappa shape index (κ1) is 16.1. The van der Waals surface area contributed by atoms with Gasteiger partial charge in [0, 0.05) is 13.1 Å². The van der Waals surface area contributed by atoms with E-state index in [1.807, 2.05) is 0 Å². The summed E-state index contributed by atoms with van der Waals surface area (Å²) < 4.78 is 5.01. The Morgan fingerprint density at radius 2 is 1.44 bits per heavy atom. The molecule has 0 aromatic carbocycles. The molecule has 0 radical (unpaired) electrons. The van der Waals surface area contributed by atoms with E-state index in [2.05, 4.69) is 5.32 Å². The first-order valence-corrected chi connectivity index (χ1v) is 2.28. The predicted molar refractivity (Wildman–Crippen MR) is 38.2 cm³/mol. The molecule has 1 heterocycles. The van der Waals surface area contributed by atoms with E-state index >= 15 is 0 Å². The third-order valence-electron chi connectivity index (χ3n) is 0.846. The molecule has 5 N–H and O–H groups in total. The van der Waals surface area contributed by atoms with Crippen LogP contribution in [-0.4, -0.2) is 37.3 Å². The number of hydrogen-bond acceptors (Lipinski definition) is 2. The summed E-state index contributed by atoms with van der Waals surface area (Å²) in [5.41, 5.74) is 0. The Morgan fingerprint density at radius 3 is 1.56 bits per heavy atom. The van der Waals surface area contributed by atoms with Crippen LogP contribution in [0.4, 0.5) is 0 Å². The summed E-state index contributed by atoms with van der Waals surface area (Å²) in [5.74, 6) is 0. The molecule has 4 nitrogen and oxygen atoms in total. The molecular formula is C4H14ClNO3. The van der Waals surface area contributed by atoms with Gasteiger partial charge in [0.15, 0.2) is 0 Å². The van der Waals surface area contributed by atoms with Gasteiger partial charge in [0.1, 0.15) is 0 Å². The lowest BCUT2D eigenvalue weighted by atomic mass is 10.5. The molecule has 60 valence electrons. The van der Waals surface area contributed by atoms with Gasteiger partial charge in [-0.3, -0.25) is 0 Å². The maximum atomic E-state index is 5.01. The molecule has 0 atom stereocenters. The van der Waals surface area contributed by atoms with E-state index in [9.17, 15) is 0 Å². The van der Waals surface area contributed by atoms with Crippen LogP contribution < -0.4 is 5.32 Å². The topological polar surface area (TPSA) is 84.3 Å². The third kappa shape index (κ3) is 8.13. The Morgan fingerprint density at radius 1 is 1.00 bits per heavy atom. The SMILES string of the molecule is C1COCCN1.Cl.O.O. The minimum absolute atomic E-state index is 0. The van der Waals surface area contributed by atoms with Crippen molar-refractivity contribution in [3.63, 3.8) is 0 Å². The maximum absolute atomic E-state index is 5.01. The van der Waals surface area contributed by atoms with E-state index in [0.717, 1.165) is 26.3 Å². The number of ether oxygens (including phenoxy) is 1. The van der Waals surface area contributed by atoms with Crippen molar-refractivity contribution in [3.05, 3.63) is 0 Å². The second-order valence-corrected chi connectivity index (χ2v) is 1.36.